The van der Waals surface area contributed by atoms with Gasteiger partial charge in [-0.25, -0.2) is 0 Å². The molecule has 0 amide bonds. The third-order valence-corrected chi connectivity index (χ3v) is 3.18. The number of rotatable bonds is 11. The highest BCUT2D eigenvalue weighted by Crippen LogP contribution is 2.09. The maximum atomic E-state index is 3.96. The summed E-state index contributed by atoms with van der Waals surface area (Å²) in [6, 6.07) is 0. The minimum Gasteiger partial charge on any atom is -0.304 e. The minimum absolute atomic E-state index is 1.13. The van der Waals surface area contributed by atoms with E-state index < -0.39 is 0 Å². The van der Waals surface area contributed by atoms with Gasteiger partial charge >= 0.3 is 0 Å². The fourth-order valence-electron chi connectivity index (χ4n) is 2.13. The molecule has 108 valence electrons. The number of hydrogen-bond donors (Lipinski definition) is 0. The van der Waals surface area contributed by atoms with E-state index in [-0.39, 0.29) is 0 Å². The molecule has 0 aromatic carbocycles. The van der Waals surface area contributed by atoms with E-state index >= 15 is 0 Å². The first-order valence-corrected chi connectivity index (χ1v) is 7.45. The largest absolute Gasteiger partial charge is 0.304 e. The highest BCUT2D eigenvalue weighted by Gasteiger charge is 2.02. The second-order valence-corrected chi connectivity index (χ2v) is 5.08. The molecule has 1 nitrogen and oxygen atoms in total. The van der Waals surface area contributed by atoms with Gasteiger partial charge < -0.3 is 4.90 Å². The lowest BCUT2D eigenvalue weighted by molar-refractivity contribution is 0.281. The van der Waals surface area contributed by atoms with Crippen molar-refractivity contribution in [3.8, 4) is 0 Å². The number of nitrogens with zero attached hydrogens (tertiary/aromatic N) is 1. The van der Waals surface area contributed by atoms with Gasteiger partial charge in [0, 0.05) is 0 Å². The molecular formula is C18H31N. The fraction of sp³-hybridized carbons (Fsp3) is 0.556. The molecule has 0 aliphatic heterocycles. The van der Waals surface area contributed by atoms with Gasteiger partial charge in [-0.1, -0.05) is 43.4 Å². The zero-order chi connectivity index (χ0) is 14.5. The molecule has 0 saturated heterocycles. The van der Waals surface area contributed by atoms with Gasteiger partial charge in [0.2, 0.25) is 0 Å². The summed E-state index contributed by atoms with van der Waals surface area (Å²) in [6.45, 7) is 17.7. The lowest BCUT2D eigenvalue weighted by atomic mass is 10.1. The molecule has 0 fully saturated rings. The Kier molecular flexibility index (Phi) is 11.3. The van der Waals surface area contributed by atoms with Crippen molar-refractivity contribution in [3.05, 3.63) is 48.6 Å². The van der Waals surface area contributed by atoms with E-state index in [9.17, 15) is 0 Å². The second kappa shape index (κ2) is 12.0. The second-order valence-electron chi connectivity index (χ2n) is 5.08. The Morgan fingerprint density at radius 1 is 1.16 bits per heavy atom. The van der Waals surface area contributed by atoms with Crippen LogP contribution in [0.25, 0.3) is 0 Å². The average molecular weight is 261 g/mol. The summed E-state index contributed by atoms with van der Waals surface area (Å²) in [5.74, 6) is 0. The summed E-state index contributed by atoms with van der Waals surface area (Å²) in [5.41, 5.74) is 2.66. The Balaban J connectivity index is 3.96. The van der Waals surface area contributed by atoms with Crippen LogP contribution in [0, 0.1) is 0 Å². The van der Waals surface area contributed by atoms with Crippen LogP contribution in [0.2, 0.25) is 0 Å². The highest BCUT2D eigenvalue weighted by molar-refractivity contribution is 5.22. The third kappa shape index (κ3) is 10.5. The first kappa shape index (κ1) is 17.9. The minimum atomic E-state index is 1.13. The van der Waals surface area contributed by atoms with Crippen LogP contribution in [0.15, 0.2) is 48.6 Å². The predicted molar refractivity (Wildman–Crippen MR) is 88.5 cm³/mol. The molecule has 0 bridgehead atoms. The molecule has 19 heavy (non-hydrogen) atoms. The van der Waals surface area contributed by atoms with Gasteiger partial charge in [-0.15, -0.1) is 6.58 Å². The van der Waals surface area contributed by atoms with Gasteiger partial charge in [0.15, 0.2) is 0 Å². The summed E-state index contributed by atoms with van der Waals surface area (Å²) < 4.78 is 0. The monoisotopic (exact) mass is 261 g/mol. The zero-order valence-electron chi connectivity index (χ0n) is 13.1. The topological polar surface area (TPSA) is 3.24 Å². The van der Waals surface area contributed by atoms with E-state index in [1.807, 2.05) is 6.08 Å². The van der Waals surface area contributed by atoms with Crippen LogP contribution in [0.4, 0.5) is 0 Å². The molecule has 1 heteroatoms. The van der Waals surface area contributed by atoms with Crippen LogP contribution in [0.5, 0.6) is 0 Å². The molecule has 0 aliphatic carbocycles. The van der Waals surface area contributed by atoms with Crippen LogP contribution >= 0.6 is 0 Å². The standard InChI is InChI=1S/C18H31N/c1-6-11-18(12-7-2)14-10-16-19(8-3)15-9-13-17(4)5/h6-7,11-12H,1,4,8-10,13-16H2,2-3,5H3/b12-7-,18-11+. The van der Waals surface area contributed by atoms with Crippen molar-refractivity contribution in [1.29, 1.82) is 0 Å². The van der Waals surface area contributed by atoms with Gasteiger partial charge in [-0.05, 0) is 64.7 Å². The molecular weight excluding hydrogens is 230 g/mol. The van der Waals surface area contributed by atoms with Crippen LogP contribution in [-0.4, -0.2) is 24.5 Å². The van der Waals surface area contributed by atoms with Crippen LogP contribution < -0.4 is 0 Å². The van der Waals surface area contributed by atoms with Crippen molar-refractivity contribution in [1.82, 2.24) is 4.90 Å². The Hall–Kier alpha value is -1.08. The van der Waals surface area contributed by atoms with Crippen LogP contribution in [-0.2, 0) is 0 Å². The summed E-state index contributed by atoms with van der Waals surface area (Å²) in [7, 11) is 0. The van der Waals surface area contributed by atoms with Crippen molar-refractivity contribution in [2.75, 3.05) is 19.6 Å². The van der Waals surface area contributed by atoms with Gasteiger partial charge in [-0.2, -0.15) is 0 Å². The molecule has 0 radical (unpaired) electrons. The van der Waals surface area contributed by atoms with Gasteiger partial charge in [-0.3, -0.25) is 0 Å². The van der Waals surface area contributed by atoms with E-state index in [1.165, 1.54) is 37.1 Å². The van der Waals surface area contributed by atoms with E-state index in [2.05, 4.69) is 57.1 Å². The molecule has 0 aliphatic rings. The molecule has 0 aromatic rings. The lowest BCUT2D eigenvalue weighted by Gasteiger charge is -2.20. The fourth-order valence-corrected chi connectivity index (χ4v) is 2.13. The Morgan fingerprint density at radius 3 is 2.26 bits per heavy atom. The van der Waals surface area contributed by atoms with E-state index in [4.69, 9.17) is 0 Å². The molecule has 0 aromatic heterocycles. The van der Waals surface area contributed by atoms with E-state index in [0.29, 0.717) is 0 Å². The van der Waals surface area contributed by atoms with Crippen molar-refractivity contribution in [2.45, 2.75) is 46.5 Å². The summed E-state index contributed by atoms with van der Waals surface area (Å²) >= 11 is 0. The van der Waals surface area contributed by atoms with Crippen molar-refractivity contribution in [2.24, 2.45) is 0 Å². The molecule has 0 N–H and O–H groups in total. The lowest BCUT2D eigenvalue weighted by Crippen LogP contribution is -2.25. The Bertz CT molecular complexity index is 310. The summed E-state index contributed by atoms with van der Waals surface area (Å²) in [5, 5.41) is 0. The number of allylic oxidation sites excluding steroid dienone is 6. The first-order chi connectivity index (χ1) is 9.13. The quantitative estimate of drug-likeness (QED) is 0.368. The molecule has 0 saturated carbocycles. The predicted octanol–water partition coefficient (Wildman–Crippen LogP) is 5.13. The van der Waals surface area contributed by atoms with Crippen molar-refractivity contribution < 1.29 is 0 Å². The molecule has 0 atom stereocenters. The van der Waals surface area contributed by atoms with Crippen LogP contribution in [0.1, 0.15) is 46.5 Å². The molecule has 0 spiro atoms. The van der Waals surface area contributed by atoms with Gasteiger partial charge in [0.1, 0.15) is 0 Å². The van der Waals surface area contributed by atoms with Crippen molar-refractivity contribution >= 4 is 0 Å². The summed E-state index contributed by atoms with van der Waals surface area (Å²) in [6.07, 6.45) is 13.0. The Labute approximate surface area is 120 Å². The van der Waals surface area contributed by atoms with E-state index in [1.54, 1.807) is 0 Å². The summed E-state index contributed by atoms with van der Waals surface area (Å²) in [4.78, 5) is 2.53. The SMILES string of the molecule is C=C/C=C(\C=C/C)CCCN(CC)CCCC(=C)C. The number of hydrogen-bond acceptors (Lipinski definition) is 1. The molecule has 0 rings (SSSR count). The zero-order valence-corrected chi connectivity index (χ0v) is 13.1. The third-order valence-electron chi connectivity index (χ3n) is 3.18. The van der Waals surface area contributed by atoms with E-state index in [0.717, 1.165) is 19.4 Å². The molecule has 0 heterocycles. The normalized spacial score (nSPS) is 12.3. The van der Waals surface area contributed by atoms with Crippen molar-refractivity contribution in [3.63, 3.8) is 0 Å². The molecule has 0 unspecified atom stereocenters. The first-order valence-electron chi connectivity index (χ1n) is 7.45. The van der Waals surface area contributed by atoms with Gasteiger partial charge in [0.25, 0.3) is 0 Å². The highest BCUT2D eigenvalue weighted by atomic mass is 15.1. The smallest absolute Gasteiger partial charge is 0.00157 e. The van der Waals surface area contributed by atoms with Gasteiger partial charge in [0.05, 0.1) is 0 Å². The average Bonchev–Trinajstić information content (AvgIpc) is 2.37. The van der Waals surface area contributed by atoms with Crippen LogP contribution in [0.3, 0.4) is 0 Å². The maximum absolute atomic E-state index is 3.96. The Morgan fingerprint density at radius 2 is 1.79 bits per heavy atom. The maximum Gasteiger partial charge on any atom is -0.00157 e.